The molecular formula is C29H28Cl2N6O6. The first-order chi connectivity index (χ1) is 20.5. The highest BCUT2D eigenvalue weighted by Gasteiger charge is 2.40. The van der Waals surface area contributed by atoms with E-state index in [9.17, 15) is 19.2 Å². The number of nitrogens with one attached hydrogen (secondary N) is 1. The van der Waals surface area contributed by atoms with Gasteiger partial charge in [-0.05, 0) is 6.07 Å². The largest absolute Gasteiger partial charge is 0.481 e. The highest BCUT2D eigenvalue weighted by molar-refractivity contribution is 6.39. The summed E-state index contributed by atoms with van der Waals surface area (Å²) < 4.78 is 5.48. The predicted octanol–water partition coefficient (Wildman–Crippen LogP) is 3.72. The molecule has 0 saturated carbocycles. The number of rotatable bonds is 8. The molecule has 0 aliphatic carbocycles. The Bertz CT molecular complexity index is 1630. The van der Waals surface area contributed by atoms with Crippen LogP contribution in [-0.2, 0) is 20.9 Å². The molecule has 2 saturated heterocycles. The van der Waals surface area contributed by atoms with Crippen molar-refractivity contribution in [3.8, 4) is 28.3 Å². The predicted molar refractivity (Wildman–Crippen MR) is 159 cm³/mol. The standard InChI is InChI=1S/C29H28Cl2N6O6/c1-35-13-19(27(39)36(2)29(35)42)25(38)33-20-9-5-7-17(24(20)31)16-6-4-8-18(23(16)30)21-10-32-22(26(34-21)43-3)14-37-11-15(12-37)28(40)41/h4-10,15,19H,11-14H2,1-3H3,(H,33,38)(H,40,41). The molecule has 4 amide bonds. The molecule has 3 heterocycles. The number of amides is 4. The minimum atomic E-state index is -1.09. The molecule has 12 nitrogen and oxygen atoms in total. The lowest BCUT2D eigenvalue weighted by molar-refractivity contribution is -0.148. The third kappa shape index (κ3) is 5.85. The Morgan fingerprint density at radius 1 is 1.02 bits per heavy atom. The number of halogens is 2. The fourth-order valence-electron chi connectivity index (χ4n) is 5.07. The molecular weight excluding hydrogens is 599 g/mol. The maximum absolute atomic E-state index is 13.1. The lowest BCUT2D eigenvalue weighted by Crippen LogP contribution is -2.56. The van der Waals surface area contributed by atoms with Crippen molar-refractivity contribution in [1.82, 2.24) is 24.7 Å². The number of carboxylic acid groups (broad SMARTS) is 1. The molecule has 2 fully saturated rings. The van der Waals surface area contributed by atoms with E-state index in [1.54, 1.807) is 42.6 Å². The fourth-order valence-corrected chi connectivity index (χ4v) is 5.67. The summed E-state index contributed by atoms with van der Waals surface area (Å²) in [7, 11) is 4.34. The molecule has 2 aromatic carbocycles. The van der Waals surface area contributed by atoms with Gasteiger partial charge in [0.1, 0.15) is 11.6 Å². The normalized spacial score (nSPS) is 17.6. The number of methoxy groups -OCH3 is 1. The van der Waals surface area contributed by atoms with Crippen LogP contribution in [0.4, 0.5) is 10.5 Å². The SMILES string of the molecule is COc1nc(-c2cccc(-c3cccc(NC(=O)C4CN(C)C(=O)N(C)C4=O)c3Cl)c2Cl)cnc1CN1CC(C(=O)O)C1. The second-order valence-electron chi connectivity index (χ2n) is 10.4. The number of carbonyl (C=O) groups is 4. The van der Waals surface area contributed by atoms with E-state index < -0.39 is 29.7 Å². The summed E-state index contributed by atoms with van der Waals surface area (Å²) in [5.41, 5.74) is 2.99. The highest BCUT2D eigenvalue weighted by Crippen LogP contribution is 2.41. The van der Waals surface area contributed by atoms with E-state index in [2.05, 4.69) is 15.3 Å². The number of aromatic nitrogens is 2. The number of urea groups is 1. The summed E-state index contributed by atoms with van der Waals surface area (Å²) >= 11 is 13.6. The molecule has 0 spiro atoms. The Morgan fingerprint density at radius 2 is 1.67 bits per heavy atom. The van der Waals surface area contributed by atoms with Gasteiger partial charge in [0.2, 0.25) is 17.7 Å². The zero-order valence-electron chi connectivity index (χ0n) is 23.5. The van der Waals surface area contributed by atoms with Gasteiger partial charge in [-0.3, -0.25) is 29.2 Å². The van der Waals surface area contributed by atoms with Gasteiger partial charge in [0.05, 0.1) is 40.7 Å². The number of carbonyl (C=O) groups excluding carboxylic acids is 3. The summed E-state index contributed by atoms with van der Waals surface area (Å²) in [5, 5.41) is 12.4. The number of anilines is 1. The van der Waals surface area contributed by atoms with Crippen molar-refractivity contribution in [1.29, 1.82) is 0 Å². The third-order valence-electron chi connectivity index (χ3n) is 7.52. The van der Waals surface area contributed by atoms with Gasteiger partial charge in [-0.2, -0.15) is 0 Å². The topological polar surface area (TPSA) is 145 Å². The van der Waals surface area contributed by atoms with Gasteiger partial charge in [0, 0.05) is 57.0 Å². The molecule has 3 aromatic rings. The van der Waals surface area contributed by atoms with Crippen molar-refractivity contribution in [3.05, 3.63) is 58.3 Å². The average molecular weight is 627 g/mol. The molecule has 43 heavy (non-hydrogen) atoms. The van der Waals surface area contributed by atoms with Crippen LogP contribution in [0.15, 0.2) is 42.6 Å². The Morgan fingerprint density at radius 3 is 2.35 bits per heavy atom. The van der Waals surface area contributed by atoms with Crippen LogP contribution in [0, 0.1) is 11.8 Å². The van der Waals surface area contributed by atoms with Crippen LogP contribution in [0.3, 0.4) is 0 Å². The van der Waals surface area contributed by atoms with Crippen LogP contribution < -0.4 is 10.1 Å². The summed E-state index contributed by atoms with van der Waals surface area (Å²) in [6.07, 6.45) is 1.58. The van der Waals surface area contributed by atoms with Gasteiger partial charge in [-0.1, -0.05) is 53.5 Å². The van der Waals surface area contributed by atoms with Crippen molar-refractivity contribution in [2.75, 3.05) is 46.2 Å². The van der Waals surface area contributed by atoms with Crippen molar-refractivity contribution >= 4 is 52.7 Å². The van der Waals surface area contributed by atoms with E-state index in [0.29, 0.717) is 58.6 Å². The van der Waals surface area contributed by atoms with Crippen LogP contribution in [0.2, 0.25) is 10.0 Å². The molecule has 2 aliphatic rings. The minimum absolute atomic E-state index is 0.0524. The van der Waals surface area contributed by atoms with E-state index in [4.69, 9.17) is 33.0 Å². The third-order valence-corrected chi connectivity index (χ3v) is 8.34. The highest BCUT2D eigenvalue weighted by atomic mass is 35.5. The van der Waals surface area contributed by atoms with Gasteiger partial charge >= 0.3 is 12.0 Å². The van der Waals surface area contributed by atoms with Gasteiger partial charge < -0.3 is 20.1 Å². The Balaban J connectivity index is 1.39. The van der Waals surface area contributed by atoms with E-state index in [1.165, 1.54) is 26.1 Å². The molecule has 0 bridgehead atoms. The molecule has 1 unspecified atom stereocenters. The number of hydrogen-bond acceptors (Lipinski definition) is 8. The van der Waals surface area contributed by atoms with Crippen LogP contribution in [-0.4, -0.2) is 94.4 Å². The van der Waals surface area contributed by atoms with Crippen LogP contribution in [0.5, 0.6) is 5.88 Å². The number of imide groups is 1. The summed E-state index contributed by atoms with van der Waals surface area (Å²) in [5.74, 6) is -3.17. The number of carboxylic acids is 1. The number of benzene rings is 2. The van der Waals surface area contributed by atoms with Gasteiger partial charge in [0.15, 0.2) is 0 Å². The number of aliphatic carboxylic acids is 1. The quantitative estimate of drug-likeness (QED) is 0.357. The number of ether oxygens (including phenoxy) is 1. The molecule has 224 valence electrons. The molecule has 5 rings (SSSR count). The Hall–Kier alpha value is -4.26. The molecule has 2 N–H and O–H groups in total. The molecule has 2 aliphatic heterocycles. The first-order valence-electron chi connectivity index (χ1n) is 13.3. The van der Waals surface area contributed by atoms with Gasteiger partial charge in [-0.25, -0.2) is 9.78 Å². The molecule has 1 atom stereocenters. The van der Waals surface area contributed by atoms with E-state index in [0.717, 1.165) is 4.90 Å². The smallest absolute Gasteiger partial charge is 0.326 e. The zero-order chi connectivity index (χ0) is 31.0. The van der Waals surface area contributed by atoms with Crippen molar-refractivity contribution < 1.29 is 29.0 Å². The van der Waals surface area contributed by atoms with Gasteiger partial charge in [0.25, 0.3) is 0 Å². The monoisotopic (exact) mass is 626 g/mol. The van der Waals surface area contributed by atoms with Crippen LogP contribution >= 0.6 is 23.2 Å². The van der Waals surface area contributed by atoms with Gasteiger partial charge in [-0.15, -0.1) is 0 Å². The van der Waals surface area contributed by atoms with E-state index in [-0.39, 0.29) is 23.2 Å². The Labute approximate surface area is 257 Å². The lowest BCUT2D eigenvalue weighted by atomic mass is 10.00. The second-order valence-corrected chi connectivity index (χ2v) is 11.1. The summed E-state index contributed by atoms with van der Waals surface area (Å²) in [4.78, 5) is 62.2. The first kappa shape index (κ1) is 30.2. The van der Waals surface area contributed by atoms with Crippen molar-refractivity contribution in [2.45, 2.75) is 6.54 Å². The zero-order valence-corrected chi connectivity index (χ0v) is 25.0. The summed E-state index contributed by atoms with van der Waals surface area (Å²) in [6.45, 7) is 1.21. The van der Waals surface area contributed by atoms with Crippen molar-refractivity contribution in [2.24, 2.45) is 11.8 Å². The van der Waals surface area contributed by atoms with Crippen LogP contribution in [0.25, 0.3) is 22.4 Å². The van der Waals surface area contributed by atoms with Crippen LogP contribution in [0.1, 0.15) is 5.69 Å². The Kier molecular flexibility index (Phi) is 8.54. The number of nitrogens with zero attached hydrogens (tertiary/aromatic N) is 5. The summed E-state index contributed by atoms with van der Waals surface area (Å²) in [6, 6.07) is 9.93. The average Bonchev–Trinajstić information content (AvgIpc) is 2.96. The lowest BCUT2D eigenvalue weighted by Gasteiger charge is -2.36. The molecule has 1 aromatic heterocycles. The molecule has 14 heteroatoms. The maximum atomic E-state index is 13.1. The molecule has 0 radical (unpaired) electrons. The number of likely N-dealkylation sites (tertiary alicyclic amines) is 1. The maximum Gasteiger partial charge on any atom is 0.326 e. The minimum Gasteiger partial charge on any atom is -0.481 e. The van der Waals surface area contributed by atoms with E-state index in [1.807, 2.05) is 4.90 Å². The van der Waals surface area contributed by atoms with E-state index >= 15 is 0 Å². The number of hydrogen-bond donors (Lipinski definition) is 2. The fraction of sp³-hybridized carbons (Fsp3) is 0.310. The first-order valence-corrected chi connectivity index (χ1v) is 14.0. The van der Waals surface area contributed by atoms with Crippen molar-refractivity contribution in [3.63, 3.8) is 0 Å². The second kappa shape index (κ2) is 12.2.